The SMILES string of the molecule is C=CCOC(=O)c1ccc2c(c1C)CC[C@@H]2N. The fraction of sp³-hybridized carbons (Fsp3) is 0.357. The van der Waals surface area contributed by atoms with E-state index < -0.39 is 0 Å². The lowest BCUT2D eigenvalue weighted by Crippen LogP contribution is -2.10. The van der Waals surface area contributed by atoms with Gasteiger partial charge in [-0.1, -0.05) is 18.7 Å². The molecule has 1 atom stereocenters. The molecule has 17 heavy (non-hydrogen) atoms. The van der Waals surface area contributed by atoms with E-state index in [0.717, 1.165) is 18.4 Å². The number of esters is 1. The minimum atomic E-state index is -0.286. The van der Waals surface area contributed by atoms with Gasteiger partial charge in [-0.2, -0.15) is 0 Å². The summed E-state index contributed by atoms with van der Waals surface area (Å²) in [5, 5.41) is 0. The van der Waals surface area contributed by atoms with Crippen LogP contribution in [0, 0.1) is 6.92 Å². The van der Waals surface area contributed by atoms with Crippen molar-refractivity contribution < 1.29 is 9.53 Å². The maximum Gasteiger partial charge on any atom is 0.338 e. The highest BCUT2D eigenvalue weighted by Crippen LogP contribution is 2.33. The molecule has 0 saturated carbocycles. The average molecular weight is 231 g/mol. The number of benzene rings is 1. The van der Waals surface area contributed by atoms with Crippen LogP contribution >= 0.6 is 0 Å². The molecule has 0 aliphatic heterocycles. The van der Waals surface area contributed by atoms with Crippen LogP contribution in [0.25, 0.3) is 0 Å². The smallest absolute Gasteiger partial charge is 0.338 e. The van der Waals surface area contributed by atoms with E-state index >= 15 is 0 Å². The summed E-state index contributed by atoms with van der Waals surface area (Å²) in [6, 6.07) is 3.87. The fourth-order valence-corrected chi connectivity index (χ4v) is 2.35. The van der Waals surface area contributed by atoms with Crippen LogP contribution in [0.4, 0.5) is 0 Å². The summed E-state index contributed by atoms with van der Waals surface area (Å²) in [4.78, 5) is 11.8. The van der Waals surface area contributed by atoms with Crippen LogP contribution < -0.4 is 5.73 Å². The van der Waals surface area contributed by atoms with Crippen molar-refractivity contribution in [1.82, 2.24) is 0 Å². The van der Waals surface area contributed by atoms with E-state index in [4.69, 9.17) is 10.5 Å². The number of rotatable bonds is 3. The van der Waals surface area contributed by atoms with E-state index in [1.807, 2.05) is 19.1 Å². The monoisotopic (exact) mass is 231 g/mol. The highest BCUT2D eigenvalue weighted by molar-refractivity contribution is 5.91. The Morgan fingerprint density at radius 2 is 2.41 bits per heavy atom. The lowest BCUT2D eigenvalue weighted by molar-refractivity contribution is 0.0549. The molecule has 1 aromatic carbocycles. The maximum absolute atomic E-state index is 11.8. The molecule has 1 aromatic rings. The molecule has 0 bridgehead atoms. The molecule has 0 unspecified atom stereocenters. The first-order chi connectivity index (χ1) is 8.15. The van der Waals surface area contributed by atoms with E-state index in [-0.39, 0.29) is 18.6 Å². The van der Waals surface area contributed by atoms with Crippen molar-refractivity contribution in [3.8, 4) is 0 Å². The van der Waals surface area contributed by atoms with E-state index in [2.05, 4.69) is 6.58 Å². The summed E-state index contributed by atoms with van der Waals surface area (Å²) in [5.41, 5.74) is 10.0. The molecule has 0 fully saturated rings. The number of carbonyl (C=O) groups is 1. The third-order valence-corrected chi connectivity index (χ3v) is 3.29. The molecule has 0 amide bonds. The van der Waals surface area contributed by atoms with Gasteiger partial charge >= 0.3 is 5.97 Å². The predicted molar refractivity (Wildman–Crippen MR) is 66.9 cm³/mol. The Hall–Kier alpha value is -1.61. The molecule has 0 spiro atoms. The molecule has 0 heterocycles. The van der Waals surface area contributed by atoms with Gasteiger partial charge in [0, 0.05) is 6.04 Å². The van der Waals surface area contributed by atoms with Crippen molar-refractivity contribution in [2.24, 2.45) is 5.73 Å². The van der Waals surface area contributed by atoms with Gasteiger partial charge in [0.25, 0.3) is 0 Å². The van der Waals surface area contributed by atoms with Crippen LogP contribution in [0.2, 0.25) is 0 Å². The Bertz CT molecular complexity index is 466. The standard InChI is InChI=1S/C14H17NO2/c1-3-8-17-14(16)11-4-5-12-10(9(11)2)6-7-13(12)15/h3-5,13H,1,6-8,15H2,2H3/t13-/m0/s1. The van der Waals surface area contributed by atoms with E-state index in [9.17, 15) is 4.79 Å². The second-order valence-corrected chi connectivity index (χ2v) is 4.34. The minimum Gasteiger partial charge on any atom is -0.458 e. The molecule has 0 saturated heterocycles. The summed E-state index contributed by atoms with van der Waals surface area (Å²) in [5.74, 6) is -0.286. The second-order valence-electron chi connectivity index (χ2n) is 4.34. The van der Waals surface area contributed by atoms with E-state index in [0.29, 0.717) is 5.56 Å². The van der Waals surface area contributed by atoms with Crippen LogP contribution in [0.5, 0.6) is 0 Å². The Morgan fingerprint density at radius 3 is 3.12 bits per heavy atom. The van der Waals surface area contributed by atoms with Gasteiger partial charge in [0.05, 0.1) is 5.56 Å². The van der Waals surface area contributed by atoms with E-state index in [1.165, 1.54) is 11.1 Å². The third kappa shape index (κ3) is 2.11. The second kappa shape index (κ2) is 4.72. The van der Waals surface area contributed by atoms with Gasteiger partial charge in [-0.25, -0.2) is 4.79 Å². The number of ether oxygens (including phenoxy) is 1. The van der Waals surface area contributed by atoms with Gasteiger partial charge in [0.15, 0.2) is 0 Å². The zero-order valence-electron chi connectivity index (χ0n) is 10.0. The molecule has 1 aliphatic rings. The Labute approximate surface area is 101 Å². The summed E-state index contributed by atoms with van der Waals surface area (Å²) in [6.07, 6.45) is 3.47. The van der Waals surface area contributed by atoms with Gasteiger partial charge in [-0.15, -0.1) is 0 Å². The number of nitrogens with two attached hydrogens (primary N) is 1. The largest absolute Gasteiger partial charge is 0.458 e. The number of hydrogen-bond acceptors (Lipinski definition) is 3. The van der Waals surface area contributed by atoms with Gasteiger partial charge in [0.1, 0.15) is 6.61 Å². The van der Waals surface area contributed by atoms with Crippen LogP contribution in [0.3, 0.4) is 0 Å². The first-order valence-corrected chi connectivity index (χ1v) is 5.81. The van der Waals surface area contributed by atoms with Crippen molar-refractivity contribution in [3.63, 3.8) is 0 Å². The van der Waals surface area contributed by atoms with Crippen LogP contribution in [-0.2, 0) is 11.2 Å². The highest BCUT2D eigenvalue weighted by atomic mass is 16.5. The zero-order chi connectivity index (χ0) is 12.4. The van der Waals surface area contributed by atoms with Crippen molar-refractivity contribution in [2.45, 2.75) is 25.8 Å². The molecule has 3 heteroatoms. The molecular weight excluding hydrogens is 214 g/mol. The van der Waals surface area contributed by atoms with Crippen molar-refractivity contribution in [3.05, 3.63) is 47.0 Å². The molecule has 2 N–H and O–H groups in total. The lowest BCUT2D eigenvalue weighted by Gasteiger charge is -2.11. The van der Waals surface area contributed by atoms with Crippen molar-refractivity contribution in [1.29, 1.82) is 0 Å². The normalized spacial score (nSPS) is 17.6. The van der Waals surface area contributed by atoms with Crippen LogP contribution in [-0.4, -0.2) is 12.6 Å². The maximum atomic E-state index is 11.8. The van der Waals surface area contributed by atoms with Crippen LogP contribution in [0.15, 0.2) is 24.8 Å². The summed E-state index contributed by atoms with van der Waals surface area (Å²) in [6.45, 7) is 5.73. The van der Waals surface area contributed by atoms with Crippen molar-refractivity contribution >= 4 is 5.97 Å². The number of fused-ring (bicyclic) bond motifs is 1. The molecule has 2 rings (SSSR count). The fourth-order valence-electron chi connectivity index (χ4n) is 2.35. The highest BCUT2D eigenvalue weighted by Gasteiger charge is 2.23. The average Bonchev–Trinajstić information content (AvgIpc) is 2.69. The lowest BCUT2D eigenvalue weighted by atomic mass is 9.98. The first kappa shape index (κ1) is 11.9. The summed E-state index contributed by atoms with van der Waals surface area (Å²) >= 11 is 0. The summed E-state index contributed by atoms with van der Waals surface area (Å²) in [7, 11) is 0. The predicted octanol–water partition coefficient (Wildman–Crippen LogP) is 2.28. The molecular formula is C14H17NO2. The molecule has 0 radical (unpaired) electrons. The van der Waals surface area contributed by atoms with Gasteiger partial charge in [0.2, 0.25) is 0 Å². The van der Waals surface area contributed by atoms with Crippen LogP contribution in [0.1, 0.15) is 39.5 Å². The topological polar surface area (TPSA) is 52.3 Å². The quantitative estimate of drug-likeness (QED) is 0.641. The summed E-state index contributed by atoms with van der Waals surface area (Å²) < 4.78 is 5.06. The first-order valence-electron chi connectivity index (χ1n) is 5.81. The third-order valence-electron chi connectivity index (χ3n) is 3.29. The molecule has 3 nitrogen and oxygen atoms in total. The Kier molecular flexibility index (Phi) is 3.29. The van der Waals surface area contributed by atoms with Gasteiger partial charge in [-0.3, -0.25) is 0 Å². The number of carbonyl (C=O) groups excluding carboxylic acids is 1. The van der Waals surface area contributed by atoms with E-state index in [1.54, 1.807) is 6.08 Å². The molecule has 0 aromatic heterocycles. The number of hydrogen-bond donors (Lipinski definition) is 1. The Morgan fingerprint density at radius 1 is 1.65 bits per heavy atom. The minimum absolute atomic E-state index is 0.113. The zero-order valence-corrected chi connectivity index (χ0v) is 10.0. The molecule has 1 aliphatic carbocycles. The Balaban J connectivity index is 2.32. The van der Waals surface area contributed by atoms with Gasteiger partial charge in [-0.05, 0) is 42.5 Å². The molecule has 90 valence electrons. The van der Waals surface area contributed by atoms with Gasteiger partial charge < -0.3 is 10.5 Å². The van der Waals surface area contributed by atoms with Crippen molar-refractivity contribution in [2.75, 3.05) is 6.61 Å².